The fourth-order valence-electron chi connectivity index (χ4n) is 2.17. The number of aliphatic hydroxyl groups excluding tert-OH is 2. The number of anilines is 1. The van der Waals surface area contributed by atoms with E-state index in [0.717, 1.165) is 6.07 Å². The van der Waals surface area contributed by atoms with Gasteiger partial charge in [0.25, 0.3) is 5.56 Å². The van der Waals surface area contributed by atoms with Gasteiger partial charge in [0.1, 0.15) is 5.60 Å². The van der Waals surface area contributed by atoms with Gasteiger partial charge in [0, 0.05) is 6.07 Å². The summed E-state index contributed by atoms with van der Waals surface area (Å²) in [5, 5.41) is 30.1. The number of rotatable bonds is 3. The molecule has 1 aromatic rings. The van der Waals surface area contributed by atoms with Crippen LogP contribution in [0.2, 0.25) is 0 Å². The molecule has 1 fully saturated rings. The van der Waals surface area contributed by atoms with Crippen molar-refractivity contribution in [3.8, 4) is 0 Å². The standard InChI is InChI=1S/C10H13N3O6/c11-8-6(13(17)18)3-5(9(16)12-8)10(4-14)7(15)1-2-19-10/h3,7,14-15H,1-2,4H2,(H3,11,12,16)/t7-,10-/m0/s1. The Bertz CT molecular complexity index is 571. The normalized spacial score (nSPS) is 26.5. The molecule has 0 radical (unpaired) electrons. The smallest absolute Gasteiger partial charge is 0.309 e. The summed E-state index contributed by atoms with van der Waals surface area (Å²) in [5.74, 6) is -0.390. The van der Waals surface area contributed by atoms with Crippen molar-refractivity contribution in [3.63, 3.8) is 0 Å². The van der Waals surface area contributed by atoms with Crippen molar-refractivity contribution in [1.29, 1.82) is 0 Å². The first-order valence-corrected chi connectivity index (χ1v) is 5.53. The SMILES string of the molecule is Nc1[nH]c(=O)c([C@]2(CO)OCC[C@@H]2O)cc1[N+](=O)[O-]. The molecule has 1 saturated heterocycles. The number of ether oxygens (including phenoxy) is 1. The van der Waals surface area contributed by atoms with Crippen molar-refractivity contribution in [2.45, 2.75) is 18.1 Å². The Balaban J connectivity index is 2.64. The third-order valence-corrected chi connectivity index (χ3v) is 3.23. The molecule has 2 rings (SSSR count). The molecule has 1 aliphatic heterocycles. The van der Waals surface area contributed by atoms with E-state index in [1.165, 1.54) is 0 Å². The molecule has 5 N–H and O–H groups in total. The van der Waals surface area contributed by atoms with Gasteiger partial charge in [0.05, 0.1) is 29.8 Å². The highest BCUT2D eigenvalue weighted by molar-refractivity contribution is 5.54. The van der Waals surface area contributed by atoms with Crippen molar-refractivity contribution in [3.05, 3.63) is 32.1 Å². The number of aromatic amines is 1. The zero-order valence-corrected chi connectivity index (χ0v) is 9.83. The molecule has 1 aromatic heterocycles. The summed E-state index contributed by atoms with van der Waals surface area (Å²) in [6.07, 6.45) is -0.903. The van der Waals surface area contributed by atoms with Crippen LogP contribution in [-0.2, 0) is 10.3 Å². The zero-order chi connectivity index (χ0) is 14.2. The van der Waals surface area contributed by atoms with Crippen LogP contribution in [-0.4, -0.2) is 39.4 Å². The van der Waals surface area contributed by atoms with Crippen molar-refractivity contribution in [2.75, 3.05) is 18.9 Å². The molecule has 0 amide bonds. The quantitative estimate of drug-likeness (QED) is 0.399. The second-order valence-electron chi connectivity index (χ2n) is 4.27. The third-order valence-electron chi connectivity index (χ3n) is 3.23. The van der Waals surface area contributed by atoms with Gasteiger partial charge in [-0.15, -0.1) is 0 Å². The van der Waals surface area contributed by atoms with Gasteiger partial charge in [-0.1, -0.05) is 0 Å². The van der Waals surface area contributed by atoms with Gasteiger partial charge in [0.15, 0.2) is 5.82 Å². The van der Waals surface area contributed by atoms with E-state index in [1.807, 2.05) is 0 Å². The summed E-state index contributed by atoms with van der Waals surface area (Å²) < 4.78 is 5.26. The Hall–Kier alpha value is -1.97. The molecular weight excluding hydrogens is 258 g/mol. The topological polar surface area (TPSA) is 152 Å². The van der Waals surface area contributed by atoms with Gasteiger partial charge < -0.3 is 25.7 Å². The lowest BCUT2D eigenvalue weighted by atomic mass is 9.90. The fraction of sp³-hybridized carbons (Fsp3) is 0.500. The number of nitro groups is 1. The predicted octanol–water partition coefficient (Wildman–Crippen LogP) is -1.17. The maximum absolute atomic E-state index is 11.9. The van der Waals surface area contributed by atoms with Crippen LogP contribution in [0.15, 0.2) is 10.9 Å². The van der Waals surface area contributed by atoms with Gasteiger partial charge in [-0.2, -0.15) is 0 Å². The highest BCUT2D eigenvalue weighted by Crippen LogP contribution is 2.36. The highest BCUT2D eigenvalue weighted by Gasteiger charge is 2.47. The molecule has 0 spiro atoms. The number of aromatic nitrogens is 1. The molecule has 9 nitrogen and oxygen atoms in total. The lowest BCUT2D eigenvalue weighted by molar-refractivity contribution is -0.384. The van der Waals surface area contributed by atoms with Crippen LogP contribution in [0.25, 0.3) is 0 Å². The van der Waals surface area contributed by atoms with E-state index in [2.05, 4.69) is 4.98 Å². The Labute approximate surface area is 106 Å². The molecule has 0 unspecified atom stereocenters. The summed E-state index contributed by atoms with van der Waals surface area (Å²) in [6.45, 7) is -0.530. The monoisotopic (exact) mass is 271 g/mol. The van der Waals surface area contributed by atoms with Crippen LogP contribution in [0.1, 0.15) is 12.0 Å². The molecule has 0 saturated carbocycles. The summed E-state index contributed by atoms with van der Waals surface area (Å²) in [5.41, 5.74) is 2.24. The van der Waals surface area contributed by atoms with Crippen molar-refractivity contribution >= 4 is 11.5 Å². The van der Waals surface area contributed by atoms with Crippen LogP contribution >= 0.6 is 0 Å². The minimum Gasteiger partial charge on any atom is -0.393 e. The predicted molar refractivity (Wildman–Crippen MR) is 63.5 cm³/mol. The molecule has 2 atom stereocenters. The average molecular weight is 271 g/mol. The van der Waals surface area contributed by atoms with E-state index in [-0.39, 0.29) is 24.4 Å². The van der Waals surface area contributed by atoms with Crippen molar-refractivity contribution in [1.82, 2.24) is 4.98 Å². The molecule has 19 heavy (non-hydrogen) atoms. The van der Waals surface area contributed by atoms with E-state index in [0.29, 0.717) is 0 Å². The summed E-state index contributed by atoms with van der Waals surface area (Å²) in [4.78, 5) is 24.0. The number of hydrogen-bond acceptors (Lipinski definition) is 7. The van der Waals surface area contributed by atoms with E-state index in [1.54, 1.807) is 0 Å². The van der Waals surface area contributed by atoms with Gasteiger partial charge in [-0.3, -0.25) is 14.9 Å². The van der Waals surface area contributed by atoms with Gasteiger partial charge in [-0.25, -0.2) is 0 Å². The second-order valence-corrected chi connectivity index (χ2v) is 4.27. The van der Waals surface area contributed by atoms with E-state index < -0.39 is 34.5 Å². The van der Waals surface area contributed by atoms with Crippen molar-refractivity contribution < 1.29 is 19.9 Å². The van der Waals surface area contributed by atoms with Crippen molar-refractivity contribution in [2.24, 2.45) is 0 Å². The van der Waals surface area contributed by atoms with Gasteiger partial charge in [-0.05, 0) is 6.42 Å². The maximum atomic E-state index is 11.9. The molecule has 0 aromatic carbocycles. The summed E-state index contributed by atoms with van der Waals surface area (Å²) >= 11 is 0. The maximum Gasteiger partial charge on any atom is 0.309 e. The number of nitrogens with zero attached hydrogens (tertiary/aromatic N) is 1. The third kappa shape index (κ3) is 1.97. The average Bonchev–Trinajstić information content (AvgIpc) is 2.71. The van der Waals surface area contributed by atoms with Crippen LogP contribution < -0.4 is 11.3 Å². The van der Waals surface area contributed by atoms with Crippen LogP contribution in [0.3, 0.4) is 0 Å². The first kappa shape index (κ1) is 13.5. The second kappa shape index (κ2) is 4.61. The zero-order valence-electron chi connectivity index (χ0n) is 9.83. The number of aliphatic hydroxyl groups is 2. The molecule has 0 aliphatic carbocycles. The molecular formula is C10H13N3O6. The fourth-order valence-corrected chi connectivity index (χ4v) is 2.17. The van der Waals surface area contributed by atoms with E-state index in [9.17, 15) is 25.1 Å². The summed E-state index contributed by atoms with van der Waals surface area (Å²) in [6, 6.07) is 0.929. The van der Waals surface area contributed by atoms with Gasteiger partial charge in [0.2, 0.25) is 0 Å². The largest absolute Gasteiger partial charge is 0.393 e. The Kier molecular flexibility index (Phi) is 3.27. The first-order valence-electron chi connectivity index (χ1n) is 5.53. The number of nitrogens with two attached hydrogens (primary N) is 1. The molecule has 1 aliphatic rings. The first-order chi connectivity index (χ1) is 8.92. The van der Waals surface area contributed by atoms with Crippen LogP contribution in [0.5, 0.6) is 0 Å². The Morgan fingerprint density at radius 3 is 2.84 bits per heavy atom. The molecule has 9 heteroatoms. The lowest BCUT2D eigenvalue weighted by Crippen LogP contribution is -2.44. The number of pyridine rings is 1. The number of H-pyrrole nitrogens is 1. The van der Waals surface area contributed by atoms with Crippen LogP contribution in [0, 0.1) is 10.1 Å². The minimum absolute atomic E-state index is 0.138. The van der Waals surface area contributed by atoms with E-state index >= 15 is 0 Å². The highest BCUT2D eigenvalue weighted by atomic mass is 16.6. The van der Waals surface area contributed by atoms with Crippen LogP contribution in [0.4, 0.5) is 11.5 Å². The molecule has 104 valence electrons. The molecule has 2 heterocycles. The van der Waals surface area contributed by atoms with E-state index in [4.69, 9.17) is 10.5 Å². The Morgan fingerprint density at radius 2 is 2.37 bits per heavy atom. The molecule has 0 bridgehead atoms. The number of hydrogen-bond donors (Lipinski definition) is 4. The summed E-state index contributed by atoms with van der Waals surface area (Å²) in [7, 11) is 0. The van der Waals surface area contributed by atoms with Gasteiger partial charge >= 0.3 is 5.69 Å². The lowest BCUT2D eigenvalue weighted by Gasteiger charge is -2.28. The number of nitrogen functional groups attached to an aromatic ring is 1. The minimum atomic E-state index is -1.65. The Morgan fingerprint density at radius 1 is 1.68 bits per heavy atom. The number of nitrogens with one attached hydrogen (secondary N) is 1.